The first-order valence-electron chi connectivity index (χ1n) is 8.30. The Bertz CT molecular complexity index is 1310. The van der Waals surface area contributed by atoms with Crippen LogP contribution in [0.1, 0.15) is 11.6 Å². The Kier molecular flexibility index (Phi) is 3.44. The lowest BCUT2D eigenvalue weighted by molar-refractivity contribution is -0.109. The SMILES string of the molecule is Nc1nc2c(cnn2C(C=O)c2ccc(F)cc2)c2nc(-c3ccco3)nn12. The van der Waals surface area contributed by atoms with Crippen LogP contribution >= 0.6 is 0 Å². The number of rotatable bonds is 4. The van der Waals surface area contributed by atoms with E-state index in [4.69, 9.17) is 10.2 Å². The maximum atomic E-state index is 13.2. The van der Waals surface area contributed by atoms with Crippen LogP contribution in [0.4, 0.5) is 10.3 Å². The van der Waals surface area contributed by atoms with E-state index in [1.54, 1.807) is 12.1 Å². The number of hydrogen-bond acceptors (Lipinski definition) is 7. The van der Waals surface area contributed by atoms with E-state index in [9.17, 15) is 9.18 Å². The molecule has 1 atom stereocenters. The van der Waals surface area contributed by atoms with Gasteiger partial charge in [0.25, 0.3) is 0 Å². The van der Waals surface area contributed by atoms with E-state index in [0.29, 0.717) is 40.1 Å². The van der Waals surface area contributed by atoms with Crippen LogP contribution in [-0.4, -0.2) is 35.6 Å². The maximum absolute atomic E-state index is 13.2. The van der Waals surface area contributed by atoms with Gasteiger partial charge in [0.15, 0.2) is 17.1 Å². The summed E-state index contributed by atoms with van der Waals surface area (Å²) in [4.78, 5) is 20.6. The van der Waals surface area contributed by atoms with Gasteiger partial charge in [0.2, 0.25) is 11.8 Å². The molecule has 0 spiro atoms. The van der Waals surface area contributed by atoms with Gasteiger partial charge >= 0.3 is 0 Å². The van der Waals surface area contributed by atoms with Gasteiger partial charge in [-0.1, -0.05) is 12.1 Å². The second-order valence-electron chi connectivity index (χ2n) is 6.08. The largest absolute Gasteiger partial charge is 0.461 e. The van der Waals surface area contributed by atoms with Crippen LogP contribution in [0.2, 0.25) is 0 Å². The lowest BCUT2D eigenvalue weighted by Gasteiger charge is -2.12. The average Bonchev–Trinajstić information content (AvgIpc) is 3.43. The molecule has 4 aromatic heterocycles. The maximum Gasteiger partial charge on any atom is 0.225 e. The summed E-state index contributed by atoms with van der Waals surface area (Å²) >= 11 is 0. The summed E-state index contributed by atoms with van der Waals surface area (Å²) in [5, 5.41) is 9.18. The zero-order valence-corrected chi connectivity index (χ0v) is 14.2. The summed E-state index contributed by atoms with van der Waals surface area (Å²) in [5.74, 6) is 0.528. The number of benzene rings is 1. The average molecular weight is 377 g/mol. The van der Waals surface area contributed by atoms with E-state index in [1.807, 2.05) is 0 Å². The Labute approximate surface area is 156 Å². The van der Waals surface area contributed by atoms with E-state index in [1.165, 1.54) is 45.9 Å². The number of nitrogens with two attached hydrogens (primary N) is 1. The Balaban J connectivity index is 1.71. The molecule has 5 aromatic rings. The minimum absolute atomic E-state index is 0.0818. The molecule has 0 bridgehead atoms. The van der Waals surface area contributed by atoms with Gasteiger partial charge in [-0.25, -0.2) is 14.1 Å². The number of hydrogen-bond donors (Lipinski definition) is 1. The molecule has 5 rings (SSSR count). The highest BCUT2D eigenvalue weighted by atomic mass is 19.1. The highest BCUT2D eigenvalue weighted by molar-refractivity contribution is 5.91. The molecule has 10 heteroatoms. The van der Waals surface area contributed by atoms with Gasteiger partial charge in [0, 0.05) is 0 Å². The minimum atomic E-state index is -0.792. The Morgan fingerprint density at radius 3 is 2.68 bits per heavy atom. The van der Waals surface area contributed by atoms with Crippen LogP contribution in [0.25, 0.3) is 28.3 Å². The third-order valence-corrected chi connectivity index (χ3v) is 4.40. The molecule has 1 aromatic carbocycles. The summed E-state index contributed by atoms with van der Waals surface area (Å²) in [6.07, 6.45) is 3.77. The predicted molar refractivity (Wildman–Crippen MR) is 96.8 cm³/mol. The first kappa shape index (κ1) is 16.1. The zero-order chi connectivity index (χ0) is 19.3. The molecule has 0 aliphatic heterocycles. The van der Waals surface area contributed by atoms with Crippen molar-refractivity contribution >= 4 is 28.9 Å². The number of nitrogen functional groups attached to an aromatic ring is 1. The van der Waals surface area contributed by atoms with Gasteiger partial charge in [-0.05, 0) is 29.8 Å². The molecule has 28 heavy (non-hydrogen) atoms. The van der Waals surface area contributed by atoms with Gasteiger partial charge in [-0.2, -0.15) is 14.6 Å². The van der Waals surface area contributed by atoms with Gasteiger partial charge in [0.05, 0.1) is 17.8 Å². The van der Waals surface area contributed by atoms with E-state index in [-0.39, 0.29) is 5.95 Å². The lowest BCUT2D eigenvalue weighted by Crippen LogP contribution is -2.15. The van der Waals surface area contributed by atoms with Crippen LogP contribution in [0.5, 0.6) is 0 Å². The lowest BCUT2D eigenvalue weighted by atomic mass is 10.1. The van der Waals surface area contributed by atoms with Gasteiger partial charge in [0.1, 0.15) is 18.1 Å². The number of nitrogens with zero attached hydrogens (tertiary/aromatic N) is 6. The van der Waals surface area contributed by atoms with Crippen molar-refractivity contribution in [3.63, 3.8) is 0 Å². The van der Waals surface area contributed by atoms with Crippen LogP contribution in [-0.2, 0) is 4.79 Å². The standard InChI is InChI=1S/C18H12FN7O2/c19-11-5-3-10(4-6-11)13(9-27)25-17-12(8-21-25)16-22-15(14-2-1-7-28-14)24-26(16)18(20)23-17/h1-9,13H,(H2,20,23). The van der Waals surface area contributed by atoms with Crippen LogP contribution in [0.15, 0.2) is 53.3 Å². The summed E-state index contributed by atoms with van der Waals surface area (Å²) in [7, 11) is 0. The molecule has 138 valence electrons. The highest BCUT2D eigenvalue weighted by Crippen LogP contribution is 2.26. The van der Waals surface area contributed by atoms with Crippen molar-refractivity contribution in [3.05, 3.63) is 60.2 Å². The van der Waals surface area contributed by atoms with Crippen LogP contribution in [0, 0.1) is 5.82 Å². The van der Waals surface area contributed by atoms with Gasteiger partial charge in [-0.15, -0.1) is 5.10 Å². The first-order valence-corrected chi connectivity index (χ1v) is 8.30. The van der Waals surface area contributed by atoms with E-state index in [2.05, 4.69) is 20.2 Å². The van der Waals surface area contributed by atoms with Crippen molar-refractivity contribution in [2.75, 3.05) is 5.73 Å². The number of anilines is 1. The van der Waals surface area contributed by atoms with Crippen molar-refractivity contribution in [1.82, 2.24) is 29.4 Å². The highest BCUT2D eigenvalue weighted by Gasteiger charge is 2.22. The molecule has 0 aliphatic carbocycles. The summed E-state index contributed by atoms with van der Waals surface area (Å²) in [6, 6.07) is 8.28. The molecule has 0 aliphatic rings. The van der Waals surface area contributed by atoms with E-state index < -0.39 is 11.9 Å². The molecule has 1 unspecified atom stereocenters. The van der Waals surface area contributed by atoms with E-state index >= 15 is 0 Å². The van der Waals surface area contributed by atoms with Crippen molar-refractivity contribution in [1.29, 1.82) is 0 Å². The number of fused-ring (bicyclic) bond motifs is 3. The third-order valence-electron chi connectivity index (χ3n) is 4.40. The zero-order valence-electron chi connectivity index (χ0n) is 14.2. The molecule has 9 nitrogen and oxygen atoms in total. The number of halogens is 1. The minimum Gasteiger partial charge on any atom is -0.461 e. The van der Waals surface area contributed by atoms with Gasteiger partial charge < -0.3 is 14.9 Å². The normalized spacial score (nSPS) is 12.6. The fourth-order valence-corrected chi connectivity index (χ4v) is 3.08. The molecule has 0 radical (unpaired) electrons. The van der Waals surface area contributed by atoms with Crippen molar-refractivity contribution in [2.45, 2.75) is 6.04 Å². The number of carbonyl (C=O) groups excluding carboxylic acids is 1. The van der Waals surface area contributed by atoms with Crippen molar-refractivity contribution in [3.8, 4) is 11.6 Å². The molecule has 0 saturated heterocycles. The summed E-state index contributed by atoms with van der Waals surface area (Å²) in [5.41, 5.74) is 7.43. The predicted octanol–water partition coefficient (Wildman–Crippen LogP) is 2.24. The quantitative estimate of drug-likeness (QED) is 0.477. The molecular formula is C18H12FN7O2. The summed E-state index contributed by atoms with van der Waals surface area (Å²) < 4.78 is 21.4. The third kappa shape index (κ3) is 2.35. The molecule has 0 fully saturated rings. The second kappa shape index (κ2) is 5.98. The first-order chi connectivity index (χ1) is 13.7. The smallest absolute Gasteiger partial charge is 0.225 e. The number of furan rings is 1. The van der Waals surface area contributed by atoms with Gasteiger partial charge in [-0.3, -0.25) is 0 Å². The Morgan fingerprint density at radius 2 is 1.96 bits per heavy atom. The molecule has 2 N–H and O–H groups in total. The van der Waals surface area contributed by atoms with Crippen molar-refractivity contribution < 1.29 is 13.6 Å². The monoisotopic (exact) mass is 377 g/mol. The molecule has 0 saturated carbocycles. The molecule has 0 amide bonds. The Morgan fingerprint density at radius 1 is 1.14 bits per heavy atom. The fourth-order valence-electron chi connectivity index (χ4n) is 3.08. The van der Waals surface area contributed by atoms with Crippen molar-refractivity contribution in [2.24, 2.45) is 0 Å². The van der Waals surface area contributed by atoms with E-state index in [0.717, 1.165) is 0 Å². The number of aromatic nitrogens is 6. The molecular weight excluding hydrogens is 365 g/mol. The number of aldehydes is 1. The second-order valence-corrected chi connectivity index (χ2v) is 6.08. The summed E-state index contributed by atoms with van der Waals surface area (Å²) in [6.45, 7) is 0. The van der Waals surface area contributed by atoms with Crippen LogP contribution in [0.3, 0.4) is 0 Å². The Hall–Kier alpha value is -4.08. The van der Waals surface area contributed by atoms with Crippen LogP contribution < -0.4 is 5.73 Å². The fraction of sp³-hybridized carbons (Fsp3) is 0.0556. The molecule has 4 heterocycles. The topological polar surface area (TPSA) is 117 Å². The number of carbonyl (C=O) groups is 1.